The van der Waals surface area contributed by atoms with Crippen LogP contribution in [0.3, 0.4) is 0 Å². The zero-order chi connectivity index (χ0) is 9.61. The van der Waals surface area contributed by atoms with Crippen molar-refractivity contribution in [2.75, 3.05) is 6.61 Å². The number of halogens is 1. The van der Waals surface area contributed by atoms with E-state index in [1.54, 1.807) is 0 Å². The molecule has 0 saturated carbocycles. The quantitative estimate of drug-likeness (QED) is 0.336. The van der Waals surface area contributed by atoms with E-state index < -0.39 is 0 Å². The smallest absolute Gasteiger partial charge is 0.321 e. The number of unbranched alkanes of at least 4 members (excludes halogenated alkanes) is 1. The number of carbonyl (C=O) groups is 1. The van der Waals surface area contributed by atoms with Gasteiger partial charge in [0.2, 0.25) is 0 Å². The molecule has 0 aromatic heterocycles. The molecule has 0 amide bonds. The fourth-order valence-corrected chi connectivity index (χ4v) is 0.760. The normalized spacial score (nSPS) is 15.3. The molecule has 0 spiro atoms. The number of hydrogen-bond acceptors (Lipinski definition) is 2. The van der Waals surface area contributed by atoms with Gasteiger partial charge in [-0.25, -0.2) is 0 Å². The summed E-state index contributed by atoms with van der Waals surface area (Å²) in [6, 6.07) is 0. The summed E-state index contributed by atoms with van der Waals surface area (Å²) in [7, 11) is 0. The lowest BCUT2D eigenvalue weighted by molar-refractivity contribution is -0.145. The third-order valence-corrected chi connectivity index (χ3v) is 3.02. The molecule has 72 valence electrons. The SMILES string of the molecule is CCCCOC(=O)C(C)(I)CC. The van der Waals surface area contributed by atoms with E-state index in [4.69, 9.17) is 4.74 Å². The van der Waals surface area contributed by atoms with E-state index >= 15 is 0 Å². The lowest BCUT2D eigenvalue weighted by Crippen LogP contribution is -2.29. The van der Waals surface area contributed by atoms with Crippen molar-refractivity contribution in [3.05, 3.63) is 0 Å². The van der Waals surface area contributed by atoms with Crippen LogP contribution in [0.25, 0.3) is 0 Å². The Bertz CT molecular complexity index is 143. The van der Waals surface area contributed by atoms with Crippen LogP contribution in [0.5, 0.6) is 0 Å². The molecule has 3 heteroatoms. The van der Waals surface area contributed by atoms with Gasteiger partial charge in [-0.05, 0) is 19.8 Å². The average Bonchev–Trinajstić information content (AvgIpc) is 2.05. The van der Waals surface area contributed by atoms with Crippen LogP contribution in [0.15, 0.2) is 0 Å². The highest BCUT2D eigenvalue weighted by Crippen LogP contribution is 2.23. The monoisotopic (exact) mass is 284 g/mol. The molecule has 0 fully saturated rings. The second-order valence-electron chi connectivity index (χ2n) is 3.04. The maximum absolute atomic E-state index is 11.3. The fraction of sp³-hybridized carbons (Fsp3) is 0.889. The first-order valence-electron chi connectivity index (χ1n) is 4.40. The van der Waals surface area contributed by atoms with Crippen molar-refractivity contribution in [2.24, 2.45) is 0 Å². The molecule has 0 saturated heterocycles. The van der Waals surface area contributed by atoms with Crippen LogP contribution in [-0.2, 0) is 9.53 Å². The molecule has 0 heterocycles. The molecule has 0 aliphatic heterocycles. The molecule has 0 rings (SSSR count). The minimum absolute atomic E-state index is 0.0842. The van der Waals surface area contributed by atoms with Gasteiger partial charge in [-0.2, -0.15) is 0 Å². The van der Waals surface area contributed by atoms with Crippen molar-refractivity contribution < 1.29 is 9.53 Å². The van der Waals surface area contributed by atoms with Gasteiger partial charge in [-0.1, -0.05) is 42.9 Å². The van der Waals surface area contributed by atoms with Crippen LogP contribution >= 0.6 is 22.6 Å². The second kappa shape index (κ2) is 5.78. The molecule has 12 heavy (non-hydrogen) atoms. The Morgan fingerprint density at radius 1 is 1.50 bits per heavy atom. The van der Waals surface area contributed by atoms with Gasteiger partial charge in [0, 0.05) is 0 Å². The number of esters is 1. The molecule has 0 aliphatic carbocycles. The number of hydrogen-bond donors (Lipinski definition) is 0. The van der Waals surface area contributed by atoms with Crippen LogP contribution < -0.4 is 0 Å². The van der Waals surface area contributed by atoms with Crippen LogP contribution in [0.2, 0.25) is 0 Å². The Morgan fingerprint density at radius 2 is 2.08 bits per heavy atom. The first kappa shape index (κ1) is 12.2. The molecule has 2 nitrogen and oxygen atoms in total. The molecule has 0 aliphatic rings. The Kier molecular flexibility index (Phi) is 5.88. The van der Waals surface area contributed by atoms with Crippen molar-refractivity contribution in [1.29, 1.82) is 0 Å². The number of ether oxygens (including phenoxy) is 1. The largest absolute Gasteiger partial charge is 0.465 e. The van der Waals surface area contributed by atoms with Crippen LogP contribution in [0.1, 0.15) is 40.0 Å². The summed E-state index contributed by atoms with van der Waals surface area (Å²) in [6.45, 7) is 6.54. The van der Waals surface area contributed by atoms with Gasteiger partial charge in [-0.3, -0.25) is 4.79 Å². The van der Waals surface area contributed by atoms with Gasteiger partial charge in [0.1, 0.15) is 3.42 Å². The van der Waals surface area contributed by atoms with E-state index in [0.717, 1.165) is 19.3 Å². The maximum atomic E-state index is 11.3. The Balaban J connectivity index is 3.72. The van der Waals surface area contributed by atoms with Crippen LogP contribution in [0.4, 0.5) is 0 Å². The predicted octanol–water partition coefficient (Wildman–Crippen LogP) is 2.93. The molecular weight excluding hydrogens is 267 g/mol. The van der Waals surface area contributed by atoms with Crippen molar-refractivity contribution in [1.82, 2.24) is 0 Å². The predicted molar refractivity (Wildman–Crippen MR) is 58.6 cm³/mol. The van der Waals surface area contributed by atoms with Crippen molar-refractivity contribution in [3.63, 3.8) is 0 Å². The minimum Gasteiger partial charge on any atom is -0.465 e. The molecule has 1 atom stereocenters. The summed E-state index contributed by atoms with van der Waals surface area (Å²) >= 11 is 2.14. The number of rotatable bonds is 5. The van der Waals surface area contributed by atoms with Crippen molar-refractivity contribution >= 4 is 28.6 Å². The van der Waals surface area contributed by atoms with Gasteiger partial charge in [-0.15, -0.1) is 0 Å². The summed E-state index contributed by atoms with van der Waals surface area (Å²) in [4.78, 5) is 11.3. The first-order chi connectivity index (χ1) is 5.54. The fourth-order valence-electron chi connectivity index (χ4n) is 0.604. The molecule has 1 unspecified atom stereocenters. The van der Waals surface area contributed by atoms with E-state index in [1.165, 1.54) is 0 Å². The average molecular weight is 284 g/mol. The summed E-state index contributed by atoms with van der Waals surface area (Å²) in [5.74, 6) is -0.0842. The summed E-state index contributed by atoms with van der Waals surface area (Å²) in [6.07, 6.45) is 2.85. The van der Waals surface area contributed by atoms with Gasteiger partial charge in [0.05, 0.1) is 6.61 Å². The minimum atomic E-state index is -0.342. The van der Waals surface area contributed by atoms with E-state index in [-0.39, 0.29) is 9.39 Å². The van der Waals surface area contributed by atoms with E-state index in [0.29, 0.717) is 6.61 Å². The summed E-state index contributed by atoms with van der Waals surface area (Å²) < 4.78 is 4.75. The maximum Gasteiger partial charge on any atom is 0.321 e. The van der Waals surface area contributed by atoms with E-state index in [1.807, 2.05) is 13.8 Å². The highest BCUT2D eigenvalue weighted by molar-refractivity contribution is 14.1. The first-order valence-corrected chi connectivity index (χ1v) is 5.48. The lowest BCUT2D eigenvalue weighted by atomic mass is 10.1. The lowest BCUT2D eigenvalue weighted by Gasteiger charge is -2.18. The molecule has 0 radical (unpaired) electrons. The third-order valence-electron chi connectivity index (χ3n) is 1.82. The highest BCUT2D eigenvalue weighted by Gasteiger charge is 2.28. The molecule has 0 N–H and O–H groups in total. The van der Waals surface area contributed by atoms with Crippen LogP contribution in [0, 0.1) is 0 Å². The Hall–Kier alpha value is 0.200. The zero-order valence-electron chi connectivity index (χ0n) is 8.02. The Morgan fingerprint density at radius 3 is 2.50 bits per heavy atom. The van der Waals surface area contributed by atoms with Gasteiger partial charge in [0.25, 0.3) is 0 Å². The Labute approximate surface area is 88.2 Å². The topological polar surface area (TPSA) is 26.3 Å². The standard InChI is InChI=1S/C9H17IO2/c1-4-6-7-12-8(11)9(3,10)5-2/h4-7H2,1-3H3. The third kappa shape index (κ3) is 4.28. The summed E-state index contributed by atoms with van der Waals surface area (Å²) in [5.41, 5.74) is 0. The van der Waals surface area contributed by atoms with Crippen molar-refractivity contribution in [3.8, 4) is 0 Å². The molecular formula is C9H17IO2. The van der Waals surface area contributed by atoms with Gasteiger partial charge >= 0.3 is 5.97 Å². The van der Waals surface area contributed by atoms with E-state index in [2.05, 4.69) is 29.5 Å². The summed E-state index contributed by atoms with van der Waals surface area (Å²) in [5, 5.41) is 0. The zero-order valence-corrected chi connectivity index (χ0v) is 10.2. The van der Waals surface area contributed by atoms with Gasteiger partial charge in [0.15, 0.2) is 0 Å². The van der Waals surface area contributed by atoms with E-state index in [9.17, 15) is 4.79 Å². The second-order valence-corrected chi connectivity index (χ2v) is 5.42. The molecule has 0 aromatic rings. The highest BCUT2D eigenvalue weighted by atomic mass is 127. The molecule has 0 bridgehead atoms. The van der Waals surface area contributed by atoms with Crippen LogP contribution in [-0.4, -0.2) is 16.0 Å². The number of carbonyl (C=O) groups excluding carboxylic acids is 1. The van der Waals surface area contributed by atoms with Crippen molar-refractivity contribution in [2.45, 2.75) is 43.5 Å². The van der Waals surface area contributed by atoms with Gasteiger partial charge < -0.3 is 4.74 Å². The number of alkyl halides is 1. The molecule has 0 aromatic carbocycles.